The fourth-order valence-corrected chi connectivity index (χ4v) is 4.96. The summed E-state index contributed by atoms with van der Waals surface area (Å²) in [6, 6.07) is 3.95. The normalized spacial score (nSPS) is 12.7. The maximum absolute atomic E-state index is 12.3. The van der Waals surface area contributed by atoms with E-state index < -0.39 is 30.1 Å². The standard InChI is InChI=1S/C35H56N5O9/c36-27(25-41)13-8-10-23-39-33(44)29(37)14-9-11-22-38-31(42)21-20-30(35(47)48)40-32(43)15-7-5-3-1-2-4-6-12-24-49-28-18-16-26(17-19-28)34(45)46/h16-19,27,29-30H,1-15,20-24,36-37H2,(H,38,42)(H,39,44)(H,40,43)(H,45,46)(H,47,48)/t27-,29-,30-/m0/s1. The smallest absolute Gasteiger partial charge is 0.335 e. The van der Waals surface area contributed by atoms with Crippen LogP contribution in [0.1, 0.15) is 120 Å². The minimum atomic E-state index is -1.18. The van der Waals surface area contributed by atoms with Gasteiger partial charge in [-0.15, -0.1) is 0 Å². The van der Waals surface area contributed by atoms with Crippen LogP contribution < -0.4 is 32.2 Å². The van der Waals surface area contributed by atoms with Gasteiger partial charge in [-0.2, -0.15) is 0 Å². The molecule has 0 spiro atoms. The minimum absolute atomic E-state index is 0.0146. The van der Waals surface area contributed by atoms with Gasteiger partial charge < -0.3 is 42.4 Å². The Hall–Kier alpha value is -4.04. The molecule has 0 bridgehead atoms. The number of nitrogens with one attached hydrogen (secondary N) is 3. The molecule has 0 aromatic heterocycles. The van der Waals surface area contributed by atoms with Crippen LogP contribution in [0.25, 0.3) is 0 Å². The molecule has 3 amide bonds. The van der Waals surface area contributed by atoms with Crippen LogP contribution in [-0.4, -0.2) is 84.0 Å². The highest BCUT2D eigenvalue weighted by Gasteiger charge is 2.21. The number of ether oxygens (including phenoxy) is 1. The number of rotatable bonds is 30. The van der Waals surface area contributed by atoms with E-state index >= 15 is 0 Å². The molecule has 0 aliphatic carbocycles. The summed E-state index contributed by atoms with van der Waals surface area (Å²) in [5, 5.41) is 26.4. The first kappa shape index (κ1) is 43.0. The molecular formula is C35H56N5O9. The van der Waals surface area contributed by atoms with Crippen LogP contribution in [-0.2, 0) is 24.0 Å². The van der Waals surface area contributed by atoms with E-state index in [0.29, 0.717) is 70.4 Å². The van der Waals surface area contributed by atoms with Crippen molar-refractivity contribution in [2.24, 2.45) is 11.5 Å². The molecule has 0 saturated heterocycles. The highest BCUT2D eigenvalue weighted by molar-refractivity contribution is 5.87. The van der Waals surface area contributed by atoms with Gasteiger partial charge in [0.05, 0.1) is 24.3 Å². The molecular weight excluding hydrogens is 634 g/mol. The molecule has 9 N–H and O–H groups in total. The Balaban J connectivity index is 2.04. The van der Waals surface area contributed by atoms with Crippen molar-refractivity contribution in [1.82, 2.24) is 16.0 Å². The average molecular weight is 691 g/mol. The molecule has 0 saturated carbocycles. The molecule has 14 nitrogen and oxygen atoms in total. The summed E-state index contributed by atoms with van der Waals surface area (Å²) in [4.78, 5) is 69.4. The summed E-state index contributed by atoms with van der Waals surface area (Å²) in [6.45, 7) is 1.39. The zero-order valence-corrected chi connectivity index (χ0v) is 28.6. The SMILES string of the molecule is N[C@H]([C]=O)CCCCNC(=O)[C@@H](N)CCCCNC(=O)CC[C@H](NC(=O)CCCCCCCCCCOc1ccc(C(=O)O)cc1)C(=O)O. The molecule has 3 atom stereocenters. The third kappa shape index (κ3) is 22.3. The number of aromatic carboxylic acids is 1. The second-order valence-electron chi connectivity index (χ2n) is 12.2. The van der Waals surface area contributed by atoms with Gasteiger partial charge in [0.2, 0.25) is 24.0 Å². The van der Waals surface area contributed by atoms with E-state index in [4.69, 9.17) is 21.3 Å². The maximum atomic E-state index is 12.3. The molecule has 1 radical (unpaired) electrons. The van der Waals surface area contributed by atoms with Crippen molar-refractivity contribution >= 4 is 35.9 Å². The Labute approximate surface area is 289 Å². The quantitative estimate of drug-likeness (QED) is 0.0579. The number of carbonyl (C=O) groups excluding carboxylic acids is 4. The molecule has 0 heterocycles. The molecule has 0 unspecified atom stereocenters. The monoisotopic (exact) mass is 690 g/mol. The van der Waals surface area contributed by atoms with Crippen molar-refractivity contribution in [3.63, 3.8) is 0 Å². The minimum Gasteiger partial charge on any atom is -0.494 e. The van der Waals surface area contributed by atoms with Crippen LogP contribution in [0, 0.1) is 0 Å². The molecule has 49 heavy (non-hydrogen) atoms. The highest BCUT2D eigenvalue weighted by Crippen LogP contribution is 2.14. The Morgan fingerprint density at radius 1 is 0.694 bits per heavy atom. The number of carboxylic acids is 2. The van der Waals surface area contributed by atoms with E-state index in [0.717, 1.165) is 44.9 Å². The molecule has 275 valence electrons. The summed E-state index contributed by atoms with van der Waals surface area (Å²) in [7, 11) is 0. The molecule has 0 fully saturated rings. The van der Waals surface area contributed by atoms with Gasteiger partial charge in [-0.05, 0) is 82.1 Å². The zero-order chi connectivity index (χ0) is 36.3. The fourth-order valence-electron chi connectivity index (χ4n) is 4.96. The summed E-state index contributed by atoms with van der Waals surface area (Å²) >= 11 is 0. The summed E-state index contributed by atoms with van der Waals surface area (Å²) in [5.41, 5.74) is 11.6. The molecule has 0 aliphatic heterocycles. The van der Waals surface area contributed by atoms with Gasteiger partial charge >= 0.3 is 11.9 Å². The molecule has 14 heteroatoms. The topological polar surface area (TPSA) is 240 Å². The lowest BCUT2D eigenvalue weighted by Gasteiger charge is -2.15. The van der Waals surface area contributed by atoms with E-state index in [9.17, 15) is 33.9 Å². The highest BCUT2D eigenvalue weighted by atomic mass is 16.5. The van der Waals surface area contributed by atoms with E-state index in [-0.39, 0.29) is 42.5 Å². The zero-order valence-electron chi connectivity index (χ0n) is 28.6. The number of unbranched alkanes of at least 4 members (excludes halogenated alkanes) is 9. The Morgan fingerprint density at radius 2 is 1.29 bits per heavy atom. The summed E-state index contributed by atoms with van der Waals surface area (Å²) < 4.78 is 5.64. The van der Waals surface area contributed by atoms with E-state index in [1.54, 1.807) is 18.4 Å². The number of benzene rings is 1. The number of aliphatic carboxylic acids is 1. The third-order valence-electron chi connectivity index (χ3n) is 7.95. The molecule has 1 aromatic carbocycles. The van der Waals surface area contributed by atoms with Crippen molar-refractivity contribution in [3.8, 4) is 5.75 Å². The number of amides is 3. The largest absolute Gasteiger partial charge is 0.494 e. The lowest BCUT2D eigenvalue weighted by molar-refractivity contribution is -0.142. The Morgan fingerprint density at radius 3 is 1.90 bits per heavy atom. The van der Waals surface area contributed by atoms with Crippen molar-refractivity contribution < 1.29 is 43.7 Å². The van der Waals surface area contributed by atoms with E-state index in [1.807, 2.05) is 0 Å². The van der Waals surface area contributed by atoms with Crippen LogP contribution in [0.15, 0.2) is 24.3 Å². The van der Waals surface area contributed by atoms with Gasteiger partial charge in [-0.3, -0.25) is 19.2 Å². The number of carbonyl (C=O) groups is 5. The Bertz CT molecular complexity index is 1130. The second-order valence-corrected chi connectivity index (χ2v) is 12.2. The Kier molecular flexibility index (Phi) is 23.6. The van der Waals surface area contributed by atoms with E-state index in [2.05, 4.69) is 16.0 Å². The first-order valence-electron chi connectivity index (χ1n) is 17.4. The average Bonchev–Trinajstić information content (AvgIpc) is 3.08. The summed E-state index contributed by atoms with van der Waals surface area (Å²) in [6.07, 6.45) is 13.1. The van der Waals surface area contributed by atoms with Gasteiger partial charge in [-0.25, -0.2) is 9.59 Å². The van der Waals surface area contributed by atoms with Crippen LogP contribution in [0.3, 0.4) is 0 Å². The maximum Gasteiger partial charge on any atom is 0.335 e. The number of carboxylic acid groups (broad SMARTS) is 2. The first-order valence-corrected chi connectivity index (χ1v) is 17.4. The lowest BCUT2D eigenvalue weighted by Crippen LogP contribution is -2.41. The summed E-state index contributed by atoms with van der Waals surface area (Å²) in [5.74, 6) is -2.40. The fraction of sp³-hybridized carbons (Fsp3) is 0.657. The van der Waals surface area contributed by atoms with Crippen LogP contribution in [0.4, 0.5) is 0 Å². The van der Waals surface area contributed by atoms with Crippen molar-refractivity contribution in [2.75, 3.05) is 19.7 Å². The van der Waals surface area contributed by atoms with Crippen molar-refractivity contribution in [1.29, 1.82) is 0 Å². The molecule has 1 rings (SSSR count). The first-order chi connectivity index (χ1) is 23.5. The lowest BCUT2D eigenvalue weighted by atomic mass is 10.1. The molecule has 1 aromatic rings. The van der Waals surface area contributed by atoms with Gasteiger partial charge in [0.25, 0.3) is 0 Å². The predicted molar refractivity (Wildman–Crippen MR) is 185 cm³/mol. The molecule has 0 aliphatic rings. The van der Waals surface area contributed by atoms with Gasteiger partial charge in [0.1, 0.15) is 11.8 Å². The van der Waals surface area contributed by atoms with Crippen molar-refractivity contribution in [3.05, 3.63) is 29.8 Å². The van der Waals surface area contributed by atoms with Crippen LogP contribution >= 0.6 is 0 Å². The van der Waals surface area contributed by atoms with Gasteiger partial charge in [0.15, 0.2) is 0 Å². The van der Waals surface area contributed by atoms with Crippen LogP contribution in [0.2, 0.25) is 0 Å². The van der Waals surface area contributed by atoms with Gasteiger partial charge in [-0.1, -0.05) is 38.5 Å². The van der Waals surface area contributed by atoms with Gasteiger partial charge in [0, 0.05) is 25.9 Å². The number of hydrogen-bond donors (Lipinski definition) is 7. The van der Waals surface area contributed by atoms with Crippen LogP contribution in [0.5, 0.6) is 5.75 Å². The number of hydrogen-bond acceptors (Lipinski definition) is 9. The third-order valence-corrected chi connectivity index (χ3v) is 7.95. The van der Waals surface area contributed by atoms with Crippen molar-refractivity contribution in [2.45, 2.75) is 127 Å². The second kappa shape index (κ2) is 26.9. The number of nitrogens with two attached hydrogens (primary N) is 2. The predicted octanol–water partition coefficient (Wildman–Crippen LogP) is 2.96. The van der Waals surface area contributed by atoms with E-state index in [1.165, 1.54) is 12.1 Å².